The van der Waals surface area contributed by atoms with Gasteiger partial charge in [0.1, 0.15) is 11.6 Å². The van der Waals surface area contributed by atoms with Crippen molar-refractivity contribution in [3.63, 3.8) is 0 Å². The van der Waals surface area contributed by atoms with Crippen LogP contribution < -0.4 is 5.32 Å². The van der Waals surface area contributed by atoms with Crippen LogP contribution in [0.4, 0.5) is 13.6 Å². The number of carbonyl (C=O) groups excluding carboxylic acids is 3. The summed E-state index contributed by atoms with van der Waals surface area (Å²) in [7, 11) is 0. The van der Waals surface area contributed by atoms with Gasteiger partial charge >= 0.3 is 12.1 Å². The molecule has 0 spiro atoms. The van der Waals surface area contributed by atoms with E-state index in [-0.39, 0.29) is 6.61 Å². The van der Waals surface area contributed by atoms with Crippen molar-refractivity contribution in [2.24, 2.45) is 0 Å². The molecule has 8 heteroatoms. The van der Waals surface area contributed by atoms with Gasteiger partial charge in [-0.25, -0.2) is 18.4 Å². The standard InChI is InChI=1S/C12H11F2NO5/c1-2-19-12(18)15-10(16)6-20-11(17)8-4-3-7(13)5-9(8)14/h3-5H,2,6H2,1H3,(H,15,16,18). The van der Waals surface area contributed by atoms with E-state index >= 15 is 0 Å². The van der Waals surface area contributed by atoms with E-state index in [0.29, 0.717) is 6.07 Å². The predicted octanol–water partition coefficient (Wildman–Crippen LogP) is 1.39. The number of carbonyl (C=O) groups is 3. The number of nitrogens with one attached hydrogen (secondary N) is 1. The summed E-state index contributed by atoms with van der Waals surface area (Å²) < 4.78 is 34.7. The number of hydrogen-bond acceptors (Lipinski definition) is 5. The van der Waals surface area contributed by atoms with Gasteiger partial charge in [0.25, 0.3) is 5.91 Å². The second kappa shape index (κ2) is 7.17. The van der Waals surface area contributed by atoms with Crippen LogP contribution >= 0.6 is 0 Å². The van der Waals surface area contributed by atoms with Gasteiger partial charge in [-0.15, -0.1) is 0 Å². The van der Waals surface area contributed by atoms with Crippen molar-refractivity contribution in [3.8, 4) is 0 Å². The molecule has 6 nitrogen and oxygen atoms in total. The summed E-state index contributed by atoms with van der Waals surface area (Å²) in [4.78, 5) is 33.4. The van der Waals surface area contributed by atoms with Gasteiger partial charge in [-0.05, 0) is 19.1 Å². The van der Waals surface area contributed by atoms with Crippen molar-refractivity contribution in [1.29, 1.82) is 0 Å². The molecule has 0 aliphatic rings. The monoisotopic (exact) mass is 287 g/mol. The van der Waals surface area contributed by atoms with Crippen molar-refractivity contribution < 1.29 is 32.6 Å². The van der Waals surface area contributed by atoms with Gasteiger partial charge < -0.3 is 9.47 Å². The van der Waals surface area contributed by atoms with E-state index in [9.17, 15) is 23.2 Å². The van der Waals surface area contributed by atoms with Crippen molar-refractivity contribution in [2.45, 2.75) is 6.92 Å². The molecule has 108 valence electrons. The van der Waals surface area contributed by atoms with Gasteiger partial charge in [0.2, 0.25) is 0 Å². The second-order valence-electron chi connectivity index (χ2n) is 3.47. The number of benzene rings is 1. The van der Waals surface area contributed by atoms with Gasteiger partial charge in [-0.2, -0.15) is 0 Å². The van der Waals surface area contributed by atoms with E-state index in [4.69, 9.17) is 0 Å². The molecule has 0 heterocycles. The first-order valence-corrected chi connectivity index (χ1v) is 5.52. The first-order valence-electron chi connectivity index (χ1n) is 5.52. The largest absolute Gasteiger partial charge is 0.452 e. The lowest BCUT2D eigenvalue weighted by Crippen LogP contribution is -2.34. The lowest BCUT2D eigenvalue weighted by atomic mass is 10.2. The Bertz CT molecular complexity index is 533. The fourth-order valence-electron chi connectivity index (χ4n) is 1.18. The van der Waals surface area contributed by atoms with Gasteiger partial charge in [0, 0.05) is 6.07 Å². The van der Waals surface area contributed by atoms with Crippen LogP contribution in [0.25, 0.3) is 0 Å². The number of ether oxygens (including phenoxy) is 2. The van der Waals surface area contributed by atoms with Gasteiger partial charge in [-0.1, -0.05) is 0 Å². The van der Waals surface area contributed by atoms with Crippen LogP contribution in [-0.4, -0.2) is 31.2 Å². The van der Waals surface area contributed by atoms with E-state index in [2.05, 4.69) is 9.47 Å². The van der Waals surface area contributed by atoms with E-state index in [1.54, 1.807) is 12.2 Å². The van der Waals surface area contributed by atoms with E-state index in [1.165, 1.54) is 0 Å². The van der Waals surface area contributed by atoms with Crippen molar-refractivity contribution in [1.82, 2.24) is 5.32 Å². The minimum Gasteiger partial charge on any atom is -0.452 e. The van der Waals surface area contributed by atoms with E-state index < -0.39 is 41.8 Å². The summed E-state index contributed by atoms with van der Waals surface area (Å²) in [6, 6.07) is 2.27. The highest BCUT2D eigenvalue weighted by atomic mass is 19.1. The molecule has 20 heavy (non-hydrogen) atoms. The smallest absolute Gasteiger partial charge is 0.413 e. The highest BCUT2D eigenvalue weighted by Crippen LogP contribution is 2.10. The summed E-state index contributed by atoms with van der Waals surface area (Å²) in [5, 5.41) is 1.78. The summed E-state index contributed by atoms with van der Waals surface area (Å²) >= 11 is 0. The van der Waals surface area contributed by atoms with Crippen molar-refractivity contribution in [3.05, 3.63) is 35.4 Å². The molecule has 0 bridgehead atoms. The molecule has 1 aromatic rings. The molecule has 0 saturated heterocycles. The van der Waals surface area contributed by atoms with Gasteiger partial charge in [-0.3, -0.25) is 10.1 Å². The molecule has 1 N–H and O–H groups in total. The van der Waals surface area contributed by atoms with Gasteiger partial charge in [0.05, 0.1) is 12.2 Å². The Labute approximate surface area is 112 Å². The lowest BCUT2D eigenvalue weighted by Gasteiger charge is -2.06. The molecule has 1 aromatic carbocycles. The van der Waals surface area contributed by atoms with Crippen LogP contribution in [0.1, 0.15) is 17.3 Å². The fourth-order valence-corrected chi connectivity index (χ4v) is 1.18. The van der Waals surface area contributed by atoms with Crippen molar-refractivity contribution >= 4 is 18.0 Å². The zero-order valence-corrected chi connectivity index (χ0v) is 10.4. The summed E-state index contributed by atoms with van der Waals surface area (Å²) in [5.74, 6) is -4.04. The Morgan fingerprint density at radius 2 is 1.90 bits per heavy atom. The molecule has 0 saturated carbocycles. The zero-order chi connectivity index (χ0) is 15.1. The minimum absolute atomic E-state index is 0.0691. The number of hydrogen-bond donors (Lipinski definition) is 1. The van der Waals surface area contributed by atoms with Crippen LogP contribution in [0.15, 0.2) is 18.2 Å². The Balaban J connectivity index is 2.51. The first-order chi connectivity index (χ1) is 9.43. The Hall–Kier alpha value is -2.51. The molecule has 0 atom stereocenters. The highest BCUT2D eigenvalue weighted by molar-refractivity contribution is 5.95. The molecule has 0 radical (unpaired) electrons. The number of alkyl carbamates (subject to hydrolysis) is 1. The van der Waals surface area contributed by atoms with Crippen molar-refractivity contribution in [2.75, 3.05) is 13.2 Å². The predicted molar refractivity (Wildman–Crippen MR) is 61.8 cm³/mol. The average Bonchev–Trinajstić information content (AvgIpc) is 2.36. The quantitative estimate of drug-likeness (QED) is 0.846. The molecular formula is C12H11F2NO5. The third-order valence-electron chi connectivity index (χ3n) is 2.00. The molecule has 0 fully saturated rings. The average molecular weight is 287 g/mol. The maximum Gasteiger partial charge on any atom is 0.413 e. The SMILES string of the molecule is CCOC(=O)NC(=O)COC(=O)c1ccc(F)cc1F. The number of imide groups is 1. The second-order valence-corrected chi connectivity index (χ2v) is 3.47. The van der Waals surface area contributed by atoms with E-state index in [0.717, 1.165) is 12.1 Å². The highest BCUT2D eigenvalue weighted by Gasteiger charge is 2.16. The molecule has 0 aromatic heterocycles. The van der Waals surface area contributed by atoms with Crippen LogP contribution in [0.5, 0.6) is 0 Å². The molecular weight excluding hydrogens is 276 g/mol. The number of halogens is 2. The molecule has 0 aliphatic heterocycles. The normalized spacial score (nSPS) is 9.75. The number of amides is 2. The van der Waals surface area contributed by atoms with Gasteiger partial charge in [0.15, 0.2) is 6.61 Å². The maximum atomic E-state index is 13.2. The Morgan fingerprint density at radius 3 is 2.50 bits per heavy atom. The molecule has 0 unspecified atom stereocenters. The third-order valence-corrected chi connectivity index (χ3v) is 2.00. The molecule has 0 aliphatic carbocycles. The van der Waals surface area contributed by atoms with Crippen LogP contribution in [0.2, 0.25) is 0 Å². The Kier molecular flexibility index (Phi) is 5.57. The summed E-state index contributed by atoms with van der Waals surface area (Å²) in [5.41, 5.74) is -0.518. The number of rotatable bonds is 4. The fraction of sp³-hybridized carbons (Fsp3) is 0.250. The van der Waals surface area contributed by atoms with Crippen LogP contribution in [0.3, 0.4) is 0 Å². The number of esters is 1. The molecule has 1 rings (SSSR count). The third kappa shape index (κ3) is 4.63. The Morgan fingerprint density at radius 1 is 1.20 bits per heavy atom. The summed E-state index contributed by atoms with van der Waals surface area (Å²) in [6.07, 6.45) is -0.985. The topological polar surface area (TPSA) is 81.7 Å². The minimum atomic E-state index is -1.15. The van der Waals surface area contributed by atoms with Crippen LogP contribution in [-0.2, 0) is 14.3 Å². The zero-order valence-electron chi connectivity index (χ0n) is 10.4. The first kappa shape index (κ1) is 15.5. The van der Waals surface area contributed by atoms with E-state index in [1.807, 2.05) is 0 Å². The molecule has 2 amide bonds. The maximum absolute atomic E-state index is 13.2. The summed E-state index contributed by atoms with van der Waals surface area (Å²) in [6.45, 7) is 0.815. The lowest BCUT2D eigenvalue weighted by molar-refractivity contribution is -0.123. The van der Waals surface area contributed by atoms with Crippen LogP contribution in [0, 0.1) is 11.6 Å².